The van der Waals surface area contributed by atoms with Gasteiger partial charge >= 0.3 is 0 Å². The van der Waals surface area contributed by atoms with Crippen molar-refractivity contribution in [3.8, 4) is 34.0 Å². The van der Waals surface area contributed by atoms with Gasteiger partial charge < -0.3 is 24.3 Å². The lowest BCUT2D eigenvalue weighted by molar-refractivity contribution is 0.0827. The molecule has 38 heavy (non-hydrogen) atoms. The number of hydrogen-bond donors (Lipinski definition) is 2. The van der Waals surface area contributed by atoms with Crippen LogP contribution in [0.5, 0.6) is 0 Å². The zero-order valence-corrected chi connectivity index (χ0v) is 21.7. The molecule has 0 saturated carbocycles. The van der Waals surface area contributed by atoms with Crippen LogP contribution in [0, 0.1) is 0 Å². The molecule has 196 valence electrons. The summed E-state index contributed by atoms with van der Waals surface area (Å²) in [5, 5.41) is 7.70. The first kappa shape index (κ1) is 25.0. The third-order valence-electron chi connectivity index (χ3n) is 6.83. The highest BCUT2D eigenvalue weighted by Crippen LogP contribution is 2.31. The molecular formula is C28H29N5O4S. The lowest BCUT2D eigenvalue weighted by Crippen LogP contribution is -2.27. The van der Waals surface area contributed by atoms with Gasteiger partial charge in [0.2, 0.25) is 0 Å². The molecule has 10 heteroatoms. The third-order valence-corrected chi connectivity index (χ3v) is 8.54. The molecule has 4 aromatic rings. The van der Waals surface area contributed by atoms with E-state index in [1.807, 2.05) is 42.5 Å². The topological polar surface area (TPSA) is 131 Å². The number of nitrogen functional groups attached to an aromatic ring is 1. The van der Waals surface area contributed by atoms with Crippen molar-refractivity contribution in [2.24, 2.45) is 0 Å². The summed E-state index contributed by atoms with van der Waals surface area (Å²) >= 11 is -1.09. The molecular weight excluding hydrogens is 502 g/mol. The largest absolute Gasteiger partial charge is 0.611 e. The Morgan fingerprint density at radius 1 is 1.00 bits per heavy atom. The van der Waals surface area contributed by atoms with Crippen molar-refractivity contribution in [3.05, 3.63) is 66.4 Å². The second kappa shape index (κ2) is 11.2. The van der Waals surface area contributed by atoms with E-state index >= 15 is 0 Å². The Kier molecular flexibility index (Phi) is 7.39. The minimum atomic E-state index is -1.09. The number of anilines is 1. The predicted octanol–water partition coefficient (Wildman–Crippen LogP) is 4.17. The van der Waals surface area contributed by atoms with Crippen LogP contribution in [0.15, 0.2) is 70.2 Å². The van der Waals surface area contributed by atoms with E-state index in [1.165, 1.54) is 5.56 Å². The van der Waals surface area contributed by atoms with Gasteiger partial charge in [0.25, 0.3) is 0 Å². The summed E-state index contributed by atoms with van der Waals surface area (Å²) in [6, 6.07) is 17.5. The maximum Gasteiger partial charge on any atom is 0.189 e. The lowest BCUT2D eigenvalue weighted by atomic mass is 10.1. The van der Waals surface area contributed by atoms with Crippen LogP contribution in [0.2, 0.25) is 0 Å². The summed E-state index contributed by atoms with van der Waals surface area (Å²) in [4.78, 5) is 9.82. The molecule has 0 aliphatic carbocycles. The minimum absolute atomic E-state index is 0.0452. The van der Waals surface area contributed by atoms with E-state index in [1.54, 1.807) is 6.20 Å². The fraction of sp³-hybridized carbons (Fsp3) is 0.321. The van der Waals surface area contributed by atoms with Crippen molar-refractivity contribution in [1.82, 2.24) is 20.4 Å². The monoisotopic (exact) mass is 531 g/mol. The van der Waals surface area contributed by atoms with Gasteiger partial charge in [0.15, 0.2) is 22.2 Å². The van der Waals surface area contributed by atoms with Crippen LogP contribution in [-0.4, -0.2) is 51.0 Å². The summed E-state index contributed by atoms with van der Waals surface area (Å²) in [6.07, 6.45) is 4.74. The fourth-order valence-corrected chi connectivity index (χ4v) is 5.96. The van der Waals surface area contributed by atoms with E-state index < -0.39 is 11.2 Å². The number of nitrogens with one attached hydrogen (secondary N) is 1. The van der Waals surface area contributed by atoms with Crippen molar-refractivity contribution in [2.45, 2.75) is 42.2 Å². The normalized spacial score (nSPS) is 20.1. The molecule has 2 fully saturated rings. The van der Waals surface area contributed by atoms with Gasteiger partial charge in [-0.15, -0.1) is 0 Å². The average Bonchev–Trinajstić information content (AvgIpc) is 3.75. The molecule has 4 heterocycles. The summed E-state index contributed by atoms with van der Waals surface area (Å²) in [6.45, 7) is 2.78. The highest BCUT2D eigenvalue weighted by atomic mass is 32.2. The van der Waals surface area contributed by atoms with E-state index in [-0.39, 0.29) is 17.3 Å². The third kappa shape index (κ3) is 5.45. The molecule has 3 N–H and O–H groups in total. The van der Waals surface area contributed by atoms with Crippen LogP contribution < -0.4 is 11.1 Å². The van der Waals surface area contributed by atoms with E-state index in [4.69, 9.17) is 24.7 Å². The highest BCUT2D eigenvalue weighted by Gasteiger charge is 2.29. The molecule has 3 unspecified atom stereocenters. The van der Waals surface area contributed by atoms with E-state index in [0.29, 0.717) is 36.1 Å². The molecule has 2 aliphatic rings. The number of hydrogen-bond acceptors (Lipinski definition) is 9. The van der Waals surface area contributed by atoms with E-state index in [2.05, 4.69) is 27.6 Å². The fourth-order valence-electron chi connectivity index (χ4n) is 4.64. The Balaban J connectivity index is 1.16. The van der Waals surface area contributed by atoms with E-state index in [9.17, 15) is 4.55 Å². The Hall–Kier alpha value is -3.28. The molecule has 3 atom stereocenters. The van der Waals surface area contributed by atoms with Crippen LogP contribution >= 0.6 is 0 Å². The van der Waals surface area contributed by atoms with Gasteiger partial charge in [-0.3, -0.25) is 5.32 Å². The maximum absolute atomic E-state index is 12.8. The molecule has 9 nitrogen and oxygen atoms in total. The van der Waals surface area contributed by atoms with Crippen LogP contribution in [0.3, 0.4) is 0 Å². The smallest absolute Gasteiger partial charge is 0.189 e. The number of rotatable bonds is 8. The second-order valence-electron chi connectivity index (χ2n) is 9.45. The number of aromatic nitrogens is 3. The van der Waals surface area contributed by atoms with Crippen LogP contribution in [0.4, 0.5) is 5.82 Å². The molecule has 0 spiro atoms. The molecule has 2 saturated heterocycles. The van der Waals surface area contributed by atoms with Crippen LogP contribution in [-0.2, 0) is 27.2 Å². The van der Waals surface area contributed by atoms with Gasteiger partial charge in [-0.1, -0.05) is 29.4 Å². The molecule has 2 aliphatic heterocycles. The Labute approximate surface area is 223 Å². The maximum atomic E-state index is 12.8. The molecule has 2 aromatic carbocycles. The van der Waals surface area contributed by atoms with Crippen molar-refractivity contribution < 1.29 is 18.5 Å². The van der Waals surface area contributed by atoms with Gasteiger partial charge in [0, 0.05) is 36.8 Å². The molecule has 0 radical (unpaired) electrons. The van der Waals surface area contributed by atoms with Crippen molar-refractivity contribution in [3.63, 3.8) is 0 Å². The Morgan fingerprint density at radius 2 is 1.79 bits per heavy atom. The van der Waals surface area contributed by atoms with Gasteiger partial charge in [0.1, 0.15) is 17.2 Å². The average molecular weight is 532 g/mol. The number of benzene rings is 2. The predicted molar refractivity (Wildman–Crippen MR) is 144 cm³/mol. The molecule has 6 rings (SSSR count). The lowest BCUT2D eigenvalue weighted by Gasteiger charge is -2.15. The highest BCUT2D eigenvalue weighted by molar-refractivity contribution is 7.92. The standard InChI is InChI=1S/C28H29N5O4S/c29-28-27(32-24(16-31-28)20-7-9-21(10-8-20)38(34)22-11-13-35-17-22)25-14-23(33-37-25)19-5-3-18(4-6-19)15-30-26-2-1-12-36-26/h3-10,14,16,22,26,30H,1-2,11-13,15,17H2,(H2,29,31). The molecule has 0 bridgehead atoms. The van der Waals surface area contributed by atoms with Gasteiger partial charge in [0.05, 0.1) is 25.1 Å². The van der Waals surface area contributed by atoms with Crippen LogP contribution in [0.1, 0.15) is 24.8 Å². The van der Waals surface area contributed by atoms with Gasteiger partial charge in [-0.2, -0.15) is 0 Å². The summed E-state index contributed by atoms with van der Waals surface area (Å²) in [7, 11) is 0. The van der Waals surface area contributed by atoms with Crippen molar-refractivity contribution in [2.75, 3.05) is 25.6 Å². The zero-order chi connectivity index (χ0) is 25.9. The zero-order valence-electron chi connectivity index (χ0n) is 20.8. The van der Waals surface area contributed by atoms with Crippen LogP contribution in [0.25, 0.3) is 34.0 Å². The van der Waals surface area contributed by atoms with Crippen molar-refractivity contribution >= 4 is 17.0 Å². The summed E-state index contributed by atoms with van der Waals surface area (Å²) in [5.74, 6) is 0.695. The molecule has 2 aromatic heterocycles. The number of nitrogens with zero attached hydrogens (tertiary/aromatic N) is 3. The minimum Gasteiger partial charge on any atom is -0.611 e. The number of ether oxygens (including phenoxy) is 2. The first-order valence-corrected chi connectivity index (χ1v) is 14.0. The summed E-state index contributed by atoms with van der Waals surface area (Å²) in [5.41, 5.74) is 10.8. The van der Waals surface area contributed by atoms with E-state index in [0.717, 1.165) is 48.4 Å². The Morgan fingerprint density at radius 3 is 2.53 bits per heavy atom. The quantitative estimate of drug-likeness (QED) is 0.322. The first-order chi connectivity index (χ1) is 18.6. The Bertz CT molecular complexity index is 1370. The first-order valence-electron chi connectivity index (χ1n) is 12.8. The SMILES string of the molecule is Nc1ncc(-c2ccc([S+]([O-])C3CCOC3)cc2)nc1-c1cc(-c2ccc(CNC3CCCO3)cc2)no1. The number of nitrogens with two attached hydrogens (primary N) is 1. The van der Waals surface area contributed by atoms with Gasteiger partial charge in [-0.05, 0) is 53.8 Å². The molecule has 0 amide bonds. The second-order valence-corrected chi connectivity index (χ2v) is 11.2. The summed E-state index contributed by atoms with van der Waals surface area (Å²) < 4.78 is 29.4. The van der Waals surface area contributed by atoms with Gasteiger partial charge in [-0.25, -0.2) is 9.97 Å². The van der Waals surface area contributed by atoms with Crippen molar-refractivity contribution in [1.29, 1.82) is 0 Å².